The van der Waals surface area contributed by atoms with E-state index in [1.54, 1.807) is 12.4 Å². The van der Waals surface area contributed by atoms with Crippen molar-refractivity contribution in [3.8, 4) is 0 Å². The SMILES string of the molecule is CCCCNc1cncc(C(=O)NC2CCCCCC2)c1. The van der Waals surface area contributed by atoms with Gasteiger partial charge in [-0.15, -0.1) is 0 Å². The zero-order valence-corrected chi connectivity index (χ0v) is 13.0. The van der Waals surface area contributed by atoms with Gasteiger partial charge >= 0.3 is 0 Å². The van der Waals surface area contributed by atoms with Crippen molar-refractivity contribution in [3.63, 3.8) is 0 Å². The van der Waals surface area contributed by atoms with Gasteiger partial charge in [-0.1, -0.05) is 39.0 Å². The summed E-state index contributed by atoms with van der Waals surface area (Å²) in [7, 11) is 0. The summed E-state index contributed by atoms with van der Waals surface area (Å²) < 4.78 is 0. The van der Waals surface area contributed by atoms with Gasteiger partial charge in [0.25, 0.3) is 5.91 Å². The molecule has 0 unspecified atom stereocenters. The van der Waals surface area contributed by atoms with Crippen LogP contribution in [-0.2, 0) is 0 Å². The Labute approximate surface area is 127 Å². The standard InChI is InChI=1S/C17H27N3O/c1-2-3-10-19-16-11-14(12-18-13-16)17(21)20-15-8-6-4-5-7-9-15/h11-13,15,19H,2-10H2,1H3,(H,20,21). The van der Waals surface area contributed by atoms with Gasteiger partial charge in [-0.3, -0.25) is 9.78 Å². The summed E-state index contributed by atoms with van der Waals surface area (Å²) in [6.07, 6.45) is 13.0. The lowest BCUT2D eigenvalue weighted by Gasteiger charge is -2.16. The number of hydrogen-bond acceptors (Lipinski definition) is 3. The maximum absolute atomic E-state index is 12.3. The molecule has 1 saturated carbocycles. The summed E-state index contributed by atoms with van der Waals surface area (Å²) in [5.41, 5.74) is 1.58. The van der Waals surface area contributed by atoms with E-state index in [-0.39, 0.29) is 5.91 Å². The van der Waals surface area contributed by atoms with Crippen LogP contribution in [0.15, 0.2) is 18.5 Å². The van der Waals surface area contributed by atoms with Crippen molar-refractivity contribution in [2.24, 2.45) is 0 Å². The predicted octanol–water partition coefficient (Wildman–Crippen LogP) is 3.75. The van der Waals surface area contributed by atoms with Gasteiger partial charge in [0.05, 0.1) is 11.3 Å². The van der Waals surface area contributed by atoms with Crippen molar-refractivity contribution in [3.05, 3.63) is 24.0 Å². The topological polar surface area (TPSA) is 54.0 Å². The number of nitrogens with zero attached hydrogens (tertiary/aromatic N) is 1. The average Bonchev–Trinajstić information content (AvgIpc) is 2.76. The van der Waals surface area contributed by atoms with E-state index in [4.69, 9.17) is 0 Å². The number of aromatic nitrogens is 1. The van der Waals surface area contributed by atoms with Crippen LogP contribution in [0.5, 0.6) is 0 Å². The Balaban J connectivity index is 1.90. The molecule has 0 aromatic carbocycles. The molecule has 4 nitrogen and oxygen atoms in total. The molecular weight excluding hydrogens is 262 g/mol. The van der Waals surface area contributed by atoms with Crippen molar-refractivity contribution < 1.29 is 4.79 Å². The van der Waals surface area contributed by atoms with Gasteiger partial charge in [-0.2, -0.15) is 0 Å². The predicted molar refractivity (Wildman–Crippen MR) is 86.6 cm³/mol. The maximum Gasteiger partial charge on any atom is 0.253 e. The fraction of sp³-hybridized carbons (Fsp3) is 0.647. The Morgan fingerprint density at radius 2 is 2.00 bits per heavy atom. The second kappa shape index (κ2) is 8.65. The van der Waals surface area contributed by atoms with Gasteiger partial charge in [0, 0.05) is 25.0 Å². The normalized spacial score (nSPS) is 16.2. The molecule has 0 bridgehead atoms. The van der Waals surface area contributed by atoms with Gasteiger partial charge in [0.15, 0.2) is 0 Å². The highest BCUT2D eigenvalue weighted by Gasteiger charge is 2.16. The molecule has 2 N–H and O–H groups in total. The molecule has 0 atom stereocenters. The first kappa shape index (κ1) is 15.8. The summed E-state index contributed by atoms with van der Waals surface area (Å²) in [6, 6.07) is 2.23. The van der Waals surface area contributed by atoms with Crippen LogP contribution < -0.4 is 10.6 Å². The largest absolute Gasteiger partial charge is 0.384 e. The van der Waals surface area contributed by atoms with Crippen LogP contribution in [0.3, 0.4) is 0 Å². The van der Waals surface area contributed by atoms with Crippen molar-refractivity contribution in [1.29, 1.82) is 0 Å². The first-order valence-electron chi connectivity index (χ1n) is 8.29. The number of anilines is 1. The summed E-state index contributed by atoms with van der Waals surface area (Å²) >= 11 is 0. The lowest BCUT2D eigenvalue weighted by molar-refractivity contribution is 0.0933. The fourth-order valence-corrected chi connectivity index (χ4v) is 2.76. The number of hydrogen-bond donors (Lipinski definition) is 2. The second-order valence-corrected chi connectivity index (χ2v) is 5.90. The molecule has 0 saturated heterocycles. The summed E-state index contributed by atoms with van der Waals surface area (Å²) in [5, 5.41) is 6.47. The van der Waals surface area contributed by atoms with Gasteiger partial charge < -0.3 is 10.6 Å². The molecule has 1 heterocycles. The number of carbonyl (C=O) groups excluding carboxylic acids is 1. The first-order valence-corrected chi connectivity index (χ1v) is 8.29. The number of carbonyl (C=O) groups is 1. The van der Waals surface area contributed by atoms with Crippen LogP contribution in [0.4, 0.5) is 5.69 Å². The van der Waals surface area contributed by atoms with E-state index in [2.05, 4.69) is 22.5 Å². The van der Waals surface area contributed by atoms with Gasteiger partial charge in [-0.05, 0) is 25.3 Å². The minimum Gasteiger partial charge on any atom is -0.384 e. The highest BCUT2D eigenvalue weighted by molar-refractivity contribution is 5.94. The zero-order chi connectivity index (χ0) is 14.9. The number of unbranched alkanes of at least 4 members (excludes halogenated alkanes) is 1. The monoisotopic (exact) mass is 289 g/mol. The third kappa shape index (κ3) is 5.37. The van der Waals surface area contributed by atoms with Crippen molar-refractivity contribution in [2.45, 2.75) is 64.3 Å². The molecule has 1 aromatic rings. The molecule has 1 aromatic heterocycles. The smallest absolute Gasteiger partial charge is 0.253 e. The Kier molecular flexibility index (Phi) is 6.51. The van der Waals surface area contributed by atoms with Gasteiger partial charge in [0.2, 0.25) is 0 Å². The number of rotatable bonds is 6. The Morgan fingerprint density at radius 3 is 2.71 bits per heavy atom. The molecule has 2 rings (SSSR count). The molecule has 0 spiro atoms. The average molecular weight is 289 g/mol. The van der Waals surface area contributed by atoms with Gasteiger partial charge in [0.1, 0.15) is 0 Å². The Bertz CT molecular complexity index is 439. The molecule has 116 valence electrons. The molecule has 21 heavy (non-hydrogen) atoms. The first-order chi connectivity index (χ1) is 10.3. The van der Waals surface area contributed by atoms with Crippen molar-refractivity contribution in [2.75, 3.05) is 11.9 Å². The van der Waals surface area contributed by atoms with E-state index in [1.165, 1.54) is 25.7 Å². The molecule has 0 radical (unpaired) electrons. The maximum atomic E-state index is 12.3. The highest BCUT2D eigenvalue weighted by Crippen LogP contribution is 2.18. The minimum atomic E-state index is 0.00791. The summed E-state index contributed by atoms with van der Waals surface area (Å²) in [4.78, 5) is 16.5. The van der Waals surface area contributed by atoms with Crippen LogP contribution in [0.2, 0.25) is 0 Å². The third-order valence-electron chi connectivity index (χ3n) is 4.05. The van der Waals surface area contributed by atoms with Crippen LogP contribution in [0.25, 0.3) is 0 Å². The summed E-state index contributed by atoms with van der Waals surface area (Å²) in [6.45, 7) is 3.09. The van der Waals surface area contributed by atoms with E-state index < -0.39 is 0 Å². The van der Waals surface area contributed by atoms with Crippen LogP contribution >= 0.6 is 0 Å². The Morgan fingerprint density at radius 1 is 1.24 bits per heavy atom. The lowest BCUT2D eigenvalue weighted by atomic mass is 10.1. The molecule has 1 aliphatic rings. The van der Waals surface area contributed by atoms with Crippen molar-refractivity contribution >= 4 is 11.6 Å². The third-order valence-corrected chi connectivity index (χ3v) is 4.05. The number of amides is 1. The van der Waals surface area contributed by atoms with E-state index >= 15 is 0 Å². The van der Waals surface area contributed by atoms with Crippen molar-refractivity contribution in [1.82, 2.24) is 10.3 Å². The quantitative estimate of drug-likeness (QED) is 0.619. The number of nitrogens with one attached hydrogen (secondary N) is 2. The molecule has 0 aliphatic heterocycles. The molecule has 1 amide bonds. The lowest BCUT2D eigenvalue weighted by Crippen LogP contribution is -2.34. The van der Waals surface area contributed by atoms with E-state index in [0.29, 0.717) is 11.6 Å². The zero-order valence-electron chi connectivity index (χ0n) is 13.0. The molecular formula is C17H27N3O. The van der Waals surface area contributed by atoms with E-state index in [9.17, 15) is 4.79 Å². The Hall–Kier alpha value is -1.58. The number of pyridine rings is 1. The second-order valence-electron chi connectivity index (χ2n) is 5.90. The fourth-order valence-electron chi connectivity index (χ4n) is 2.76. The van der Waals surface area contributed by atoms with E-state index in [0.717, 1.165) is 37.9 Å². The molecule has 1 fully saturated rings. The van der Waals surface area contributed by atoms with Crippen LogP contribution in [-0.4, -0.2) is 23.5 Å². The van der Waals surface area contributed by atoms with Gasteiger partial charge in [-0.25, -0.2) is 0 Å². The minimum absolute atomic E-state index is 0.00791. The van der Waals surface area contributed by atoms with Crippen LogP contribution in [0, 0.1) is 0 Å². The van der Waals surface area contributed by atoms with E-state index in [1.807, 2.05) is 6.07 Å². The van der Waals surface area contributed by atoms with Crippen LogP contribution in [0.1, 0.15) is 68.6 Å². The summed E-state index contributed by atoms with van der Waals surface area (Å²) in [5.74, 6) is 0.00791. The molecule has 1 aliphatic carbocycles. The molecule has 4 heteroatoms. The highest BCUT2D eigenvalue weighted by atomic mass is 16.1.